The van der Waals surface area contributed by atoms with Gasteiger partial charge in [-0.2, -0.15) is 0 Å². The van der Waals surface area contributed by atoms with Crippen molar-refractivity contribution in [1.29, 1.82) is 0 Å². The molecule has 9 unspecified atom stereocenters. The number of rotatable bonds is 5. The van der Waals surface area contributed by atoms with Crippen molar-refractivity contribution in [3.8, 4) is 0 Å². The summed E-state index contributed by atoms with van der Waals surface area (Å²) in [5.74, 6) is 4.58. The first kappa shape index (κ1) is 24.3. The first-order chi connectivity index (χ1) is 14.9. The van der Waals surface area contributed by atoms with Crippen molar-refractivity contribution in [1.82, 2.24) is 0 Å². The van der Waals surface area contributed by atoms with E-state index in [0.29, 0.717) is 22.7 Å². The summed E-state index contributed by atoms with van der Waals surface area (Å²) in [6, 6.07) is 0. The van der Waals surface area contributed by atoms with Gasteiger partial charge < -0.3 is 5.11 Å². The molecule has 32 heavy (non-hydrogen) atoms. The largest absolute Gasteiger partial charge is 0.393 e. The molecule has 0 radical (unpaired) electrons. The maximum Gasteiger partial charge on any atom is 0.0577 e. The molecular formula is C31H50O. The molecule has 3 saturated carbocycles. The molecule has 0 heterocycles. The molecule has 9 atom stereocenters. The number of fused-ring (bicyclic) bond motifs is 5. The van der Waals surface area contributed by atoms with E-state index in [1.54, 1.807) is 5.57 Å². The Morgan fingerprint density at radius 1 is 1.12 bits per heavy atom. The van der Waals surface area contributed by atoms with Gasteiger partial charge in [0.05, 0.1) is 6.10 Å². The van der Waals surface area contributed by atoms with Crippen molar-refractivity contribution in [2.45, 2.75) is 106 Å². The summed E-state index contributed by atoms with van der Waals surface area (Å²) >= 11 is 0. The van der Waals surface area contributed by atoms with Gasteiger partial charge in [-0.05, 0) is 105 Å². The fourth-order valence-electron chi connectivity index (χ4n) is 8.86. The van der Waals surface area contributed by atoms with Crippen LogP contribution in [0.2, 0.25) is 0 Å². The van der Waals surface area contributed by atoms with E-state index in [1.165, 1.54) is 44.1 Å². The van der Waals surface area contributed by atoms with Gasteiger partial charge in [-0.1, -0.05) is 77.5 Å². The molecule has 4 rings (SSSR count). The van der Waals surface area contributed by atoms with Crippen molar-refractivity contribution in [2.75, 3.05) is 0 Å². The summed E-state index contributed by atoms with van der Waals surface area (Å²) < 4.78 is 0. The fourth-order valence-corrected chi connectivity index (χ4v) is 8.86. The lowest BCUT2D eigenvalue weighted by molar-refractivity contribution is -0.0541. The van der Waals surface area contributed by atoms with Gasteiger partial charge >= 0.3 is 0 Å². The molecule has 0 saturated heterocycles. The van der Waals surface area contributed by atoms with Crippen LogP contribution in [0, 0.1) is 51.8 Å². The Labute approximate surface area is 198 Å². The molecule has 0 spiro atoms. The molecule has 180 valence electrons. The molecular weight excluding hydrogens is 388 g/mol. The maximum absolute atomic E-state index is 10.3. The van der Waals surface area contributed by atoms with Gasteiger partial charge in [0.1, 0.15) is 0 Å². The van der Waals surface area contributed by atoms with Crippen LogP contribution in [0.3, 0.4) is 0 Å². The third-order valence-corrected chi connectivity index (χ3v) is 11.7. The highest BCUT2D eigenvalue weighted by atomic mass is 16.3. The lowest BCUT2D eigenvalue weighted by Crippen LogP contribution is -2.50. The van der Waals surface area contributed by atoms with E-state index in [4.69, 9.17) is 0 Å². The van der Waals surface area contributed by atoms with E-state index in [0.717, 1.165) is 36.5 Å². The third-order valence-electron chi connectivity index (χ3n) is 11.7. The highest BCUT2D eigenvalue weighted by Crippen LogP contribution is 2.67. The van der Waals surface area contributed by atoms with Gasteiger partial charge in [0, 0.05) is 5.41 Å². The van der Waals surface area contributed by atoms with E-state index < -0.39 is 0 Å². The fraction of sp³-hybridized carbons (Fsp3) is 0.806. The molecule has 0 bridgehead atoms. The van der Waals surface area contributed by atoms with Gasteiger partial charge in [0.2, 0.25) is 0 Å². The molecule has 0 aliphatic heterocycles. The number of allylic oxidation sites excluding steroid dienone is 4. The van der Waals surface area contributed by atoms with Crippen LogP contribution in [-0.4, -0.2) is 11.2 Å². The normalized spacial score (nSPS) is 44.4. The molecule has 0 aromatic rings. The molecule has 4 aliphatic carbocycles. The molecule has 3 fully saturated rings. The van der Waals surface area contributed by atoms with Gasteiger partial charge in [-0.3, -0.25) is 0 Å². The van der Waals surface area contributed by atoms with Crippen molar-refractivity contribution in [3.63, 3.8) is 0 Å². The Morgan fingerprint density at radius 2 is 1.84 bits per heavy atom. The SMILES string of the molecule is C=C(C)C(C)(C=CC(C)C1CCC2C3CC=C4CC(O)CCC4(C)C3CCC12C)C(C)C. The van der Waals surface area contributed by atoms with Gasteiger partial charge in [0.15, 0.2) is 0 Å². The van der Waals surface area contributed by atoms with E-state index in [-0.39, 0.29) is 11.5 Å². The monoisotopic (exact) mass is 438 g/mol. The zero-order valence-corrected chi connectivity index (χ0v) is 22.1. The highest BCUT2D eigenvalue weighted by Gasteiger charge is 2.59. The third kappa shape index (κ3) is 3.70. The summed E-state index contributed by atoms with van der Waals surface area (Å²) in [5.41, 5.74) is 3.81. The number of hydrogen-bond acceptors (Lipinski definition) is 1. The Morgan fingerprint density at radius 3 is 2.50 bits per heavy atom. The van der Waals surface area contributed by atoms with Crippen LogP contribution >= 0.6 is 0 Å². The second kappa shape index (κ2) is 8.44. The minimum atomic E-state index is -0.0982. The molecule has 1 heteroatoms. The molecule has 4 aliphatic rings. The minimum absolute atomic E-state index is 0.0928. The Balaban J connectivity index is 1.54. The zero-order valence-electron chi connectivity index (χ0n) is 22.1. The van der Waals surface area contributed by atoms with E-state index in [1.807, 2.05) is 0 Å². The Bertz CT molecular complexity index is 788. The van der Waals surface area contributed by atoms with Crippen LogP contribution in [0.25, 0.3) is 0 Å². The van der Waals surface area contributed by atoms with E-state index in [9.17, 15) is 5.11 Å². The lowest BCUT2D eigenvalue weighted by Gasteiger charge is -2.58. The second-order valence-electron chi connectivity index (χ2n) is 13.3. The van der Waals surface area contributed by atoms with Crippen LogP contribution < -0.4 is 0 Å². The van der Waals surface area contributed by atoms with Crippen molar-refractivity contribution >= 4 is 0 Å². The lowest BCUT2D eigenvalue weighted by atomic mass is 9.47. The van der Waals surface area contributed by atoms with Crippen molar-refractivity contribution in [2.24, 2.45) is 51.8 Å². The van der Waals surface area contributed by atoms with Crippen LogP contribution in [-0.2, 0) is 0 Å². The van der Waals surface area contributed by atoms with Crippen molar-refractivity contribution < 1.29 is 5.11 Å². The number of aliphatic hydroxyl groups is 1. The summed E-state index contributed by atoms with van der Waals surface area (Å²) in [7, 11) is 0. The van der Waals surface area contributed by atoms with Gasteiger partial charge in [-0.25, -0.2) is 0 Å². The molecule has 0 aromatic carbocycles. The second-order valence-corrected chi connectivity index (χ2v) is 13.3. The predicted octanol–water partition coefficient (Wildman–Crippen LogP) is 8.36. The molecule has 0 aromatic heterocycles. The van der Waals surface area contributed by atoms with E-state index in [2.05, 4.69) is 73.3 Å². The van der Waals surface area contributed by atoms with Crippen LogP contribution in [0.15, 0.2) is 36.0 Å². The van der Waals surface area contributed by atoms with Crippen molar-refractivity contribution in [3.05, 3.63) is 36.0 Å². The first-order valence-corrected chi connectivity index (χ1v) is 13.7. The molecule has 1 nitrogen and oxygen atoms in total. The average Bonchev–Trinajstić information content (AvgIpc) is 3.09. The highest BCUT2D eigenvalue weighted by molar-refractivity contribution is 5.26. The first-order valence-electron chi connectivity index (χ1n) is 13.7. The quantitative estimate of drug-likeness (QED) is 0.427. The molecule has 1 N–H and O–H groups in total. The Kier molecular flexibility index (Phi) is 6.41. The topological polar surface area (TPSA) is 20.2 Å². The van der Waals surface area contributed by atoms with Crippen LogP contribution in [0.1, 0.15) is 99.8 Å². The Hall–Kier alpha value is -0.820. The summed E-state index contributed by atoms with van der Waals surface area (Å²) in [6.07, 6.45) is 17.5. The standard InChI is InChI=1S/C31H50O/c1-20(2)29(6,21(3)4)16-13-22(5)26-11-12-27-25-10-9-23-19-24(32)14-17-30(23,7)28(25)15-18-31(26,27)8/h9,13,16,21-22,24-28,32H,1,10-12,14-15,17-19H2,2-8H3. The van der Waals surface area contributed by atoms with E-state index >= 15 is 0 Å². The van der Waals surface area contributed by atoms with Gasteiger partial charge in [0.25, 0.3) is 0 Å². The predicted molar refractivity (Wildman–Crippen MR) is 137 cm³/mol. The summed E-state index contributed by atoms with van der Waals surface area (Å²) in [5, 5.41) is 10.3. The molecule has 0 amide bonds. The number of aliphatic hydroxyl groups excluding tert-OH is 1. The summed E-state index contributed by atoms with van der Waals surface area (Å²) in [6.45, 7) is 21.2. The minimum Gasteiger partial charge on any atom is -0.393 e. The smallest absolute Gasteiger partial charge is 0.0577 e. The summed E-state index contributed by atoms with van der Waals surface area (Å²) in [4.78, 5) is 0. The van der Waals surface area contributed by atoms with Crippen LogP contribution in [0.5, 0.6) is 0 Å². The van der Waals surface area contributed by atoms with Crippen LogP contribution in [0.4, 0.5) is 0 Å². The number of hydrogen-bond donors (Lipinski definition) is 1. The van der Waals surface area contributed by atoms with Gasteiger partial charge in [-0.15, -0.1) is 0 Å². The average molecular weight is 439 g/mol. The maximum atomic E-state index is 10.3. The zero-order chi connectivity index (χ0) is 23.5.